The van der Waals surface area contributed by atoms with Crippen LogP contribution in [0.5, 0.6) is 5.75 Å². The van der Waals surface area contributed by atoms with E-state index in [0.717, 1.165) is 30.1 Å². The second kappa shape index (κ2) is 7.50. The number of aryl methyl sites for hydroxylation is 1. The minimum absolute atomic E-state index is 0. The first-order valence-electron chi connectivity index (χ1n) is 6.87. The molecule has 0 radical (unpaired) electrons. The van der Waals surface area contributed by atoms with Crippen LogP contribution in [0.15, 0.2) is 18.2 Å². The number of nitrogens with one attached hydrogen (secondary N) is 2. The van der Waals surface area contributed by atoms with Gasteiger partial charge in [-0.15, -0.1) is 12.4 Å². The lowest BCUT2D eigenvalue weighted by atomic mass is 9.88. The van der Waals surface area contributed by atoms with E-state index in [-0.39, 0.29) is 24.2 Å². The van der Waals surface area contributed by atoms with Gasteiger partial charge in [-0.1, -0.05) is 6.92 Å². The van der Waals surface area contributed by atoms with E-state index in [1.807, 2.05) is 39.0 Å². The molecule has 20 heavy (non-hydrogen) atoms. The Morgan fingerprint density at radius 1 is 1.50 bits per heavy atom. The molecular weight excluding hydrogens is 276 g/mol. The van der Waals surface area contributed by atoms with E-state index in [0.29, 0.717) is 12.5 Å². The van der Waals surface area contributed by atoms with E-state index >= 15 is 0 Å². The summed E-state index contributed by atoms with van der Waals surface area (Å²) in [4.78, 5) is 12.1. The predicted molar refractivity (Wildman–Crippen MR) is 83.7 cm³/mol. The van der Waals surface area contributed by atoms with Crippen LogP contribution in [0, 0.1) is 18.8 Å². The maximum atomic E-state index is 12.1. The Balaban J connectivity index is 0.00000200. The first-order chi connectivity index (χ1) is 9.11. The van der Waals surface area contributed by atoms with Crippen LogP contribution >= 0.6 is 12.4 Å². The number of anilines is 1. The second-order valence-electron chi connectivity index (χ2n) is 5.11. The van der Waals surface area contributed by atoms with Crippen molar-refractivity contribution in [3.05, 3.63) is 23.8 Å². The zero-order valence-electron chi connectivity index (χ0n) is 12.2. The zero-order valence-corrected chi connectivity index (χ0v) is 13.0. The van der Waals surface area contributed by atoms with Gasteiger partial charge in [0.05, 0.1) is 6.61 Å². The molecule has 1 heterocycles. The highest BCUT2D eigenvalue weighted by atomic mass is 35.5. The third-order valence-electron chi connectivity index (χ3n) is 3.70. The van der Waals surface area contributed by atoms with Crippen LogP contribution in [0.3, 0.4) is 0 Å². The summed E-state index contributed by atoms with van der Waals surface area (Å²) in [7, 11) is 0. The van der Waals surface area contributed by atoms with Gasteiger partial charge in [-0.2, -0.15) is 0 Å². The van der Waals surface area contributed by atoms with Gasteiger partial charge in [-0.25, -0.2) is 0 Å². The number of ether oxygens (including phenoxy) is 1. The van der Waals surface area contributed by atoms with E-state index in [2.05, 4.69) is 10.6 Å². The molecule has 0 bridgehead atoms. The molecule has 2 rings (SSSR count). The van der Waals surface area contributed by atoms with Gasteiger partial charge in [0.2, 0.25) is 5.91 Å². The molecule has 112 valence electrons. The van der Waals surface area contributed by atoms with Gasteiger partial charge in [0.25, 0.3) is 0 Å². The average Bonchev–Trinajstić information content (AvgIpc) is 2.30. The highest BCUT2D eigenvalue weighted by Gasteiger charge is 2.28. The van der Waals surface area contributed by atoms with Crippen molar-refractivity contribution in [2.24, 2.45) is 11.8 Å². The number of hydrogen-bond donors (Lipinski definition) is 2. The Hall–Kier alpha value is -1.26. The van der Waals surface area contributed by atoms with Crippen molar-refractivity contribution < 1.29 is 9.53 Å². The van der Waals surface area contributed by atoms with Crippen LogP contribution in [0.1, 0.15) is 19.4 Å². The number of benzene rings is 1. The summed E-state index contributed by atoms with van der Waals surface area (Å²) >= 11 is 0. The van der Waals surface area contributed by atoms with E-state index < -0.39 is 0 Å². The first-order valence-corrected chi connectivity index (χ1v) is 6.87. The second-order valence-corrected chi connectivity index (χ2v) is 5.11. The Morgan fingerprint density at radius 2 is 2.20 bits per heavy atom. The van der Waals surface area contributed by atoms with Crippen molar-refractivity contribution in [3.63, 3.8) is 0 Å². The van der Waals surface area contributed by atoms with Crippen LogP contribution in [0.4, 0.5) is 5.69 Å². The minimum atomic E-state index is 0. The van der Waals surface area contributed by atoms with Crippen LogP contribution in [-0.4, -0.2) is 25.6 Å². The van der Waals surface area contributed by atoms with Crippen molar-refractivity contribution in [1.82, 2.24) is 5.32 Å². The number of carbonyl (C=O) groups excluding carboxylic acids is 1. The standard InChI is InChI=1S/C15H22N2O2.ClH/c1-4-19-13-5-6-14(10(2)7-13)17-15(18)11(3)12-8-16-9-12;/h5-7,11-12,16H,4,8-9H2,1-3H3,(H,17,18);1H. The molecule has 2 N–H and O–H groups in total. The van der Waals surface area contributed by atoms with Gasteiger partial charge in [-0.05, 0) is 56.6 Å². The Bertz CT molecular complexity index is 461. The predicted octanol–water partition coefficient (Wildman–Crippen LogP) is 2.61. The largest absolute Gasteiger partial charge is 0.494 e. The molecule has 0 saturated carbocycles. The molecule has 1 aromatic rings. The summed E-state index contributed by atoms with van der Waals surface area (Å²) in [5.74, 6) is 1.45. The van der Waals surface area contributed by atoms with Crippen molar-refractivity contribution in [2.45, 2.75) is 20.8 Å². The summed E-state index contributed by atoms with van der Waals surface area (Å²) in [6.07, 6.45) is 0. The van der Waals surface area contributed by atoms with Gasteiger partial charge < -0.3 is 15.4 Å². The molecular formula is C15H23ClN2O2. The van der Waals surface area contributed by atoms with Gasteiger partial charge in [0.1, 0.15) is 5.75 Å². The summed E-state index contributed by atoms with van der Waals surface area (Å²) in [6.45, 7) is 8.46. The minimum Gasteiger partial charge on any atom is -0.494 e. The van der Waals surface area contributed by atoms with Crippen molar-refractivity contribution in [1.29, 1.82) is 0 Å². The lowest BCUT2D eigenvalue weighted by molar-refractivity contribution is -0.121. The molecule has 1 fully saturated rings. The van der Waals surface area contributed by atoms with E-state index in [9.17, 15) is 4.79 Å². The number of amides is 1. The Morgan fingerprint density at radius 3 is 2.70 bits per heavy atom. The van der Waals surface area contributed by atoms with E-state index in [1.54, 1.807) is 0 Å². The monoisotopic (exact) mass is 298 g/mol. The van der Waals surface area contributed by atoms with E-state index in [4.69, 9.17) is 4.74 Å². The number of carbonyl (C=O) groups is 1. The van der Waals surface area contributed by atoms with Crippen molar-refractivity contribution >= 4 is 24.0 Å². The molecule has 1 amide bonds. The van der Waals surface area contributed by atoms with Crippen LogP contribution in [-0.2, 0) is 4.79 Å². The zero-order chi connectivity index (χ0) is 13.8. The van der Waals surface area contributed by atoms with Crippen LogP contribution < -0.4 is 15.4 Å². The fourth-order valence-corrected chi connectivity index (χ4v) is 2.16. The number of hydrogen-bond acceptors (Lipinski definition) is 3. The maximum Gasteiger partial charge on any atom is 0.227 e. The Labute approximate surface area is 126 Å². The molecule has 0 aliphatic carbocycles. The van der Waals surface area contributed by atoms with Crippen LogP contribution in [0.25, 0.3) is 0 Å². The summed E-state index contributed by atoms with van der Waals surface area (Å²) in [5, 5.41) is 6.20. The fraction of sp³-hybridized carbons (Fsp3) is 0.533. The van der Waals surface area contributed by atoms with Gasteiger partial charge in [0, 0.05) is 11.6 Å². The highest BCUT2D eigenvalue weighted by molar-refractivity contribution is 5.93. The Kier molecular flexibility index (Phi) is 6.30. The van der Waals surface area contributed by atoms with Crippen molar-refractivity contribution in [3.8, 4) is 5.75 Å². The molecule has 1 aliphatic heterocycles. The SMILES string of the molecule is CCOc1ccc(NC(=O)C(C)C2CNC2)c(C)c1.Cl. The summed E-state index contributed by atoms with van der Waals surface area (Å²) in [5.41, 5.74) is 1.89. The van der Waals surface area contributed by atoms with E-state index in [1.165, 1.54) is 0 Å². The number of rotatable bonds is 5. The number of halogens is 1. The molecule has 0 aromatic heterocycles. The highest BCUT2D eigenvalue weighted by Crippen LogP contribution is 2.23. The smallest absolute Gasteiger partial charge is 0.227 e. The fourth-order valence-electron chi connectivity index (χ4n) is 2.16. The van der Waals surface area contributed by atoms with Crippen LogP contribution in [0.2, 0.25) is 0 Å². The molecule has 4 nitrogen and oxygen atoms in total. The summed E-state index contributed by atoms with van der Waals surface area (Å²) in [6, 6.07) is 5.75. The lowest BCUT2D eigenvalue weighted by Gasteiger charge is -2.31. The molecule has 0 spiro atoms. The van der Waals surface area contributed by atoms with Crippen molar-refractivity contribution in [2.75, 3.05) is 25.0 Å². The topological polar surface area (TPSA) is 50.4 Å². The lowest BCUT2D eigenvalue weighted by Crippen LogP contribution is -2.48. The average molecular weight is 299 g/mol. The third-order valence-corrected chi connectivity index (χ3v) is 3.70. The van der Waals surface area contributed by atoms with Gasteiger partial charge in [0.15, 0.2) is 0 Å². The molecule has 1 aromatic carbocycles. The molecule has 1 unspecified atom stereocenters. The molecule has 1 aliphatic rings. The quantitative estimate of drug-likeness (QED) is 0.878. The third kappa shape index (κ3) is 3.87. The van der Waals surface area contributed by atoms with Gasteiger partial charge in [-0.3, -0.25) is 4.79 Å². The normalized spacial score (nSPS) is 15.8. The maximum absolute atomic E-state index is 12.1. The van der Waals surface area contributed by atoms with Gasteiger partial charge >= 0.3 is 0 Å². The molecule has 1 saturated heterocycles. The first kappa shape index (κ1) is 16.8. The molecule has 1 atom stereocenters. The summed E-state index contributed by atoms with van der Waals surface area (Å²) < 4.78 is 5.44. The molecule has 5 heteroatoms.